The molecule has 7 heteroatoms. The van der Waals surface area contributed by atoms with Crippen molar-refractivity contribution in [3.63, 3.8) is 0 Å². The minimum atomic E-state index is -0.844. The third-order valence-electron chi connectivity index (χ3n) is 2.86. The van der Waals surface area contributed by atoms with E-state index in [1.165, 1.54) is 16.8 Å². The Morgan fingerprint density at radius 1 is 1.47 bits per heavy atom. The lowest BCUT2D eigenvalue weighted by atomic mass is 10.3. The van der Waals surface area contributed by atoms with Gasteiger partial charge in [-0.05, 0) is 6.42 Å². The largest absolute Gasteiger partial charge is 0.396 e. The monoisotopic (exact) mass is 239 g/mol. The minimum Gasteiger partial charge on any atom is -0.396 e. The second kappa shape index (κ2) is 3.54. The lowest BCUT2D eigenvalue weighted by Gasteiger charge is -2.10. The van der Waals surface area contributed by atoms with E-state index in [1.807, 2.05) is 0 Å². The van der Waals surface area contributed by atoms with Crippen LogP contribution in [0.4, 0.5) is 20.4 Å². The lowest BCUT2D eigenvalue weighted by Crippen LogP contribution is -2.21. The van der Waals surface area contributed by atoms with E-state index in [0.717, 1.165) is 0 Å². The summed E-state index contributed by atoms with van der Waals surface area (Å²) in [5.41, 5.74) is 5.93. The number of fused-ring (bicyclic) bond motifs is 1. The number of halogens is 2. The lowest BCUT2D eigenvalue weighted by molar-refractivity contribution is 0.364. The number of pyridine rings is 1. The minimum absolute atomic E-state index is 0.0289. The fourth-order valence-corrected chi connectivity index (χ4v) is 1.94. The molecule has 1 aliphatic rings. The molecule has 0 radical (unpaired) electrons. The van der Waals surface area contributed by atoms with Crippen molar-refractivity contribution in [1.29, 1.82) is 0 Å². The van der Waals surface area contributed by atoms with Crippen LogP contribution in [0.3, 0.4) is 0 Å². The molecule has 2 aromatic rings. The number of anilines is 2. The van der Waals surface area contributed by atoms with Crippen LogP contribution in [0, 0.1) is 5.82 Å². The van der Waals surface area contributed by atoms with Crippen molar-refractivity contribution in [2.45, 2.75) is 12.6 Å². The molecular weight excluding hydrogens is 228 g/mol. The summed E-state index contributed by atoms with van der Waals surface area (Å²) >= 11 is 0. The van der Waals surface area contributed by atoms with E-state index in [4.69, 9.17) is 5.73 Å². The third-order valence-corrected chi connectivity index (χ3v) is 2.86. The van der Waals surface area contributed by atoms with Crippen LogP contribution >= 0.6 is 0 Å². The summed E-state index contributed by atoms with van der Waals surface area (Å²) in [6.07, 6.45) is 0.805. The number of nitrogen functional groups attached to an aromatic ring is 1. The molecule has 2 N–H and O–H groups in total. The van der Waals surface area contributed by atoms with Gasteiger partial charge in [-0.3, -0.25) is 0 Å². The first-order valence-electron chi connectivity index (χ1n) is 5.34. The number of rotatable bonds is 1. The maximum Gasteiger partial charge on any atom is 0.245 e. The maximum absolute atomic E-state index is 13.2. The number of alkyl halides is 1. The van der Waals surface area contributed by atoms with Gasteiger partial charge in [0, 0.05) is 12.6 Å². The molecule has 1 atom stereocenters. The van der Waals surface area contributed by atoms with E-state index in [-0.39, 0.29) is 12.2 Å². The van der Waals surface area contributed by atoms with Crippen LogP contribution in [0.2, 0.25) is 0 Å². The van der Waals surface area contributed by atoms with Crippen LogP contribution in [-0.2, 0) is 0 Å². The summed E-state index contributed by atoms with van der Waals surface area (Å²) in [4.78, 5) is 5.94. The fourth-order valence-electron chi connectivity index (χ4n) is 1.94. The molecule has 1 saturated heterocycles. The Hall–Kier alpha value is -1.92. The Morgan fingerprint density at radius 2 is 2.29 bits per heavy atom. The van der Waals surface area contributed by atoms with Crippen molar-refractivity contribution >= 4 is 17.3 Å². The van der Waals surface area contributed by atoms with Crippen LogP contribution in [-0.4, -0.2) is 33.9 Å². The van der Waals surface area contributed by atoms with Crippen molar-refractivity contribution < 1.29 is 8.78 Å². The van der Waals surface area contributed by atoms with Gasteiger partial charge in [0.1, 0.15) is 6.17 Å². The average Bonchev–Trinajstić information content (AvgIpc) is 2.85. The summed E-state index contributed by atoms with van der Waals surface area (Å²) in [5, 5.41) is 4.10. The highest BCUT2D eigenvalue weighted by molar-refractivity contribution is 5.54. The molecule has 3 rings (SSSR count). The maximum atomic E-state index is 13.2. The highest BCUT2D eigenvalue weighted by Gasteiger charge is 2.24. The molecule has 3 heterocycles. The Morgan fingerprint density at radius 3 is 3.00 bits per heavy atom. The van der Waals surface area contributed by atoms with Crippen LogP contribution in [0.1, 0.15) is 6.42 Å². The van der Waals surface area contributed by atoms with E-state index in [0.29, 0.717) is 24.6 Å². The molecule has 2 aromatic heterocycles. The zero-order valence-corrected chi connectivity index (χ0v) is 8.98. The number of hydrogen-bond donors (Lipinski definition) is 1. The molecule has 0 saturated carbocycles. The molecule has 1 aliphatic heterocycles. The zero-order chi connectivity index (χ0) is 12.0. The zero-order valence-electron chi connectivity index (χ0n) is 8.98. The van der Waals surface area contributed by atoms with Gasteiger partial charge in [0.05, 0.1) is 18.4 Å². The summed E-state index contributed by atoms with van der Waals surface area (Å²) in [5.74, 6) is -0.131. The first-order chi connectivity index (χ1) is 8.13. The number of hydrogen-bond acceptors (Lipinski definition) is 4. The normalized spacial score (nSPS) is 20.4. The van der Waals surface area contributed by atoms with Crippen molar-refractivity contribution in [1.82, 2.24) is 14.6 Å². The predicted molar refractivity (Wildman–Crippen MR) is 59.1 cm³/mol. The third kappa shape index (κ3) is 1.67. The molecule has 1 fully saturated rings. The molecule has 17 heavy (non-hydrogen) atoms. The Labute approximate surface area is 95.8 Å². The van der Waals surface area contributed by atoms with Gasteiger partial charge >= 0.3 is 0 Å². The first-order valence-corrected chi connectivity index (χ1v) is 5.34. The summed E-state index contributed by atoms with van der Waals surface area (Å²) in [6, 6.07) is 1.41. The molecule has 0 aromatic carbocycles. The van der Waals surface area contributed by atoms with E-state index in [9.17, 15) is 8.78 Å². The van der Waals surface area contributed by atoms with Crippen LogP contribution in [0.15, 0.2) is 12.3 Å². The highest BCUT2D eigenvalue weighted by atomic mass is 19.1. The fraction of sp³-hybridized carbons (Fsp3) is 0.400. The van der Waals surface area contributed by atoms with Gasteiger partial charge in [-0.25, -0.2) is 13.3 Å². The molecule has 5 nitrogen and oxygen atoms in total. The van der Waals surface area contributed by atoms with Gasteiger partial charge in [-0.2, -0.15) is 4.98 Å². The van der Waals surface area contributed by atoms with Crippen LogP contribution < -0.4 is 10.6 Å². The van der Waals surface area contributed by atoms with Crippen LogP contribution in [0.25, 0.3) is 5.65 Å². The van der Waals surface area contributed by atoms with Gasteiger partial charge in [0.25, 0.3) is 0 Å². The van der Waals surface area contributed by atoms with E-state index < -0.39 is 12.0 Å². The van der Waals surface area contributed by atoms with E-state index in [2.05, 4.69) is 10.1 Å². The van der Waals surface area contributed by atoms with Crippen molar-refractivity contribution in [3.8, 4) is 0 Å². The molecule has 90 valence electrons. The van der Waals surface area contributed by atoms with Gasteiger partial charge in [0.2, 0.25) is 5.95 Å². The summed E-state index contributed by atoms with van der Waals surface area (Å²) in [6.45, 7) is 0.866. The molecule has 0 bridgehead atoms. The first kappa shape index (κ1) is 10.2. The standard InChI is InChI=1S/C10H11F2N5/c11-6-1-2-16(4-6)10-14-9-3-8(13)7(12)5-17(9)15-10/h3,5-6H,1-2,4,13H2. The number of aromatic nitrogens is 3. The van der Waals surface area contributed by atoms with Gasteiger partial charge in [-0.15, -0.1) is 5.10 Å². The summed E-state index contributed by atoms with van der Waals surface area (Å²) in [7, 11) is 0. The predicted octanol–water partition coefficient (Wildman–Crippen LogP) is 0.999. The quantitative estimate of drug-likeness (QED) is 0.806. The molecule has 1 unspecified atom stereocenters. The van der Waals surface area contributed by atoms with Crippen molar-refractivity contribution in [2.24, 2.45) is 0 Å². The number of nitrogens with two attached hydrogens (primary N) is 1. The second-order valence-corrected chi connectivity index (χ2v) is 4.12. The van der Waals surface area contributed by atoms with Gasteiger partial charge < -0.3 is 10.6 Å². The molecule has 0 spiro atoms. The Kier molecular flexibility index (Phi) is 2.13. The highest BCUT2D eigenvalue weighted by Crippen LogP contribution is 2.20. The smallest absolute Gasteiger partial charge is 0.245 e. The van der Waals surface area contributed by atoms with E-state index in [1.54, 1.807) is 4.90 Å². The van der Waals surface area contributed by atoms with Crippen molar-refractivity contribution in [2.75, 3.05) is 23.7 Å². The van der Waals surface area contributed by atoms with Gasteiger partial charge in [-0.1, -0.05) is 0 Å². The number of nitrogens with zero attached hydrogens (tertiary/aromatic N) is 4. The van der Waals surface area contributed by atoms with Gasteiger partial charge in [0.15, 0.2) is 11.5 Å². The molecule has 0 aliphatic carbocycles. The molecular formula is C10H11F2N5. The molecule has 0 amide bonds. The average molecular weight is 239 g/mol. The SMILES string of the molecule is Nc1cc2nc(N3CCC(F)C3)nn2cc1F. The van der Waals surface area contributed by atoms with Crippen molar-refractivity contribution in [3.05, 3.63) is 18.1 Å². The summed E-state index contributed by atoms with van der Waals surface area (Å²) < 4.78 is 27.6. The second-order valence-electron chi connectivity index (χ2n) is 4.12. The van der Waals surface area contributed by atoms with E-state index >= 15 is 0 Å². The Bertz CT molecular complexity index is 528. The van der Waals surface area contributed by atoms with Crippen LogP contribution in [0.5, 0.6) is 0 Å². The topological polar surface area (TPSA) is 59.5 Å². The Balaban J connectivity index is 2.02.